The van der Waals surface area contributed by atoms with Crippen LogP contribution in [0.4, 0.5) is 0 Å². The van der Waals surface area contributed by atoms with Gasteiger partial charge in [-0.3, -0.25) is 0 Å². The van der Waals surface area contributed by atoms with E-state index in [1.807, 2.05) is 0 Å². The predicted molar refractivity (Wildman–Crippen MR) is 48.2 cm³/mol. The summed E-state index contributed by atoms with van der Waals surface area (Å²) in [4.78, 5) is 0. The van der Waals surface area contributed by atoms with Gasteiger partial charge >= 0.3 is 0 Å². The molecule has 0 aromatic heterocycles. The van der Waals surface area contributed by atoms with Crippen LogP contribution in [0.25, 0.3) is 0 Å². The van der Waals surface area contributed by atoms with E-state index in [1.54, 1.807) is 0 Å². The van der Waals surface area contributed by atoms with Crippen molar-refractivity contribution in [3.63, 3.8) is 0 Å². The van der Waals surface area contributed by atoms with E-state index in [-0.39, 0.29) is 0 Å². The summed E-state index contributed by atoms with van der Waals surface area (Å²) in [5.41, 5.74) is 0. The molecular weight excluding hydrogens is 232 g/mol. The van der Waals surface area contributed by atoms with Gasteiger partial charge in [0.15, 0.2) is 0 Å². The van der Waals surface area contributed by atoms with Gasteiger partial charge in [-0.15, -0.1) is 10.2 Å². The van der Waals surface area contributed by atoms with Gasteiger partial charge < -0.3 is 0 Å². The zero-order chi connectivity index (χ0) is 12.0. The highest BCUT2D eigenvalue weighted by Gasteiger charge is 2.32. The lowest BCUT2D eigenvalue weighted by Crippen LogP contribution is -2.68. The van der Waals surface area contributed by atoms with Crippen LogP contribution >= 0.6 is 0 Å². The minimum absolute atomic E-state index is 1.02. The van der Waals surface area contributed by atoms with Gasteiger partial charge in [0.1, 0.15) is 5.92 Å². The van der Waals surface area contributed by atoms with Crippen LogP contribution in [-0.4, -0.2) is 0 Å². The van der Waals surface area contributed by atoms with Gasteiger partial charge in [-0.05, 0) is 32.1 Å². The van der Waals surface area contributed by atoms with Crippen LogP contribution < -0.4 is 18.6 Å². The molecule has 2 fully saturated rings. The molecule has 2 aliphatic rings. The molecule has 0 bridgehead atoms. The molecule has 0 spiro atoms. The van der Waals surface area contributed by atoms with Crippen molar-refractivity contribution in [1.29, 1.82) is 0 Å². The third-order valence-corrected chi connectivity index (χ3v) is 3.47. The second-order valence-corrected chi connectivity index (χ2v) is 5.36. The minimum atomic E-state index is -4.94. The van der Waals surface area contributed by atoms with E-state index in [9.17, 15) is 0 Å². The van der Waals surface area contributed by atoms with Gasteiger partial charge in [0.2, 0.25) is 0 Å². The SMILES string of the molecule is [CH+]1CCCC2CCCCCC12.[O-][Cl+3]([O-])([O-])[O-]. The molecule has 2 aliphatic carbocycles. The van der Waals surface area contributed by atoms with E-state index >= 15 is 0 Å². The molecular formula is C11H19ClO4. The zero-order valence-corrected chi connectivity index (χ0v) is 10.2. The van der Waals surface area contributed by atoms with E-state index in [1.165, 1.54) is 51.4 Å². The molecule has 0 radical (unpaired) electrons. The van der Waals surface area contributed by atoms with Crippen LogP contribution in [0.2, 0.25) is 0 Å². The first-order valence-electron chi connectivity index (χ1n) is 5.92. The first kappa shape index (κ1) is 14.1. The average Bonchev–Trinajstić information content (AvgIpc) is 2.39. The Kier molecular flexibility index (Phi) is 5.86. The number of halogens is 1. The molecule has 2 unspecified atom stereocenters. The summed E-state index contributed by atoms with van der Waals surface area (Å²) in [6.45, 7) is 0. The molecule has 2 rings (SSSR count). The summed E-state index contributed by atoms with van der Waals surface area (Å²) in [5.74, 6) is 2.11. The van der Waals surface area contributed by atoms with Gasteiger partial charge in [0.25, 0.3) is 0 Å². The molecule has 4 nitrogen and oxygen atoms in total. The first-order chi connectivity index (χ1) is 7.47. The Labute approximate surface area is 99.0 Å². The topological polar surface area (TPSA) is 92.2 Å². The van der Waals surface area contributed by atoms with Gasteiger partial charge in [-0.1, -0.05) is 12.8 Å². The second-order valence-electron chi connectivity index (χ2n) is 4.61. The van der Waals surface area contributed by atoms with Crippen LogP contribution in [0.3, 0.4) is 0 Å². The molecule has 0 saturated heterocycles. The van der Waals surface area contributed by atoms with Crippen LogP contribution in [0, 0.1) is 28.5 Å². The molecule has 5 heteroatoms. The molecule has 0 amide bonds. The molecule has 2 saturated carbocycles. The second kappa shape index (κ2) is 6.67. The summed E-state index contributed by atoms with van der Waals surface area (Å²) < 4.78 is 34.0. The molecule has 0 heterocycles. The van der Waals surface area contributed by atoms with Crippen molar-refractivity contribution in [2.45, 2.75) is 51.4 Å². The first-order valence-corrected chi connectivity index (χ1v) is 7.15. The van der Waals surface area contributed by atoms with Crippen molar-refractivity contribution in [3.8, 4) is 0 Å². The van der Waals surface area contributed by atoms with E-state index in [0.717, 1.165) is 11.8 Å². The van der Waals surface area contributed by atoms with Crippen molar-refractivity contribution in [1.82, 2.24) is 0 Å². The normalized spacial score (nSPS) is 30.2. The van der Waals surface area contributed by atoms with E-state index < -0.39 is 10.2 Å². The van der Waals surface area contributed by atoms with Crippen molar-refractivity contribution in [2.24, 2.45) is 11.8 Å². The zero-order valence-electron chi connectivity index (χ0n) is 9.40. The fourth-order valence-electron chi connectivity index (χ4n) is 2.79. The number of hydrogen-bond acceptors (Lipinski definition) is 4. The van der Waals surface area contributed by atoms with Gasteiger partial charge in [-0.2, -0.15) is 0 Å². The fourth-order valence-corrected chi connectivity index (χ4v) is 2.79. The highest BCUT2D eigenvalue weighted by Crippen LogP contribution is 2.38. The Balaban J connectivity index is 0.000000221. The van der Waals surface area contributed by atoms with Crippen LogP contribution in [0.1, 0.15) is 51.4 Å². The Hall–Kier alpha value is -0.0000000000000000416. The summed E-state index contributed by atoms with van der Waals surface area (Å²) in [7, 11) is -4.94. The quantitative estimate of drug-likeness (QED) is 0.506. The molecule has 0 N–H and O–H groups in total. The molecule has 0 aromatic carbocycles. The highest BCUT2D eigenvalue weighted by atomic mass is 35.7. The Bertz CT molecular complexity index is 173. The van der Waals surface area contributed by atoms with Gasteiger partial charge in [0, 0.05) is 5.92 Å². The Morgan fingerprint density at radius 1 is 0.812 bits per heavy atom. The van der Waals surface area contributed by atoms with Crippen LogP contribution in [0.5, 0.6) is 0 Å². The van der Waals surface area contributed by atoms with Crippen molar-refractivity contribution >= 4 is 0 Å². The van der Waals surface area contributed by atoms with Crippen molar-refractivity contribution in [2.75, 3.05) is 0 Å². The third-order valence-electron chi connectivity index (χ3n) is 3.47. The molecule has 2 atom stereocenters. The van der Waals surface area contributed by atoms with Gasteiger partial charge in [-0.25, -0.2) is 18.6 Å². The lowest BCUT2D eigenvalue weighted by Gasteiger charge is -2.22. The lowest BCUT2D eigenvalue weighted by molar-refractivity contribution is -2.00. The summed E-state index contributed by atoms with van der Waals surface area (Å²) in [5, 5.41) is 0. The van der Waals surface area contributed by atoms with Gasteiger partial charge in [0.05, 0.1) is 12.8 Å². The smallest absolute Gasteiger partial charge is 0.101 e. The molecule has 0 aliphatic heterocycles. The highest BCUT2D eigenvalue weighted by molar-refractivity contribution is 4.88. The summed E-state index contributed by atoms with van der Waals surface area (Å²) in [6, 6.07) is 0. The van der Waals surface area contributed by atoms with Crippen molar-refractivity contribution in [3.05, 3.63) is 6.42 Å². The minimum Gasteiger partial charge on any atom is -0.222 e. The van der Waals surface area contributed by atoms with E-state index in [4.69, 9.17) is 18.6 Å². The Morgan fingerprint density at radius 3 is 2.06 bits per heavy atom. The standard InChI is InChI=1S/C11H19.ClHO4/c1-2-6-10-8-4-5-9-11(10)7-3-1;2-1(3,4)5/h8,10-11H,1-7,9H2;(H,2,3,4,5)/q+1;/p-1. The third kappa shape index (κ3) is 6.55. The number of rotatable bonds is 0. The molecule has 0 aromatic rings. The maximum Gasteiger partial charge on any atom is 0.101 e. The van der Waals surface area contributed by atoms with E-state index in [2.05, 4.69) is 6.42 Å². The maximum atomic E-state index is 8.49. The summed E-state index contributed by atoms with van der Waals surface area (Å²) >= 11 is 0. The average molecular weight is 251 g/mol. The maximum absolute atomic E-state index is 8.49. The molecule has 94 valence electrons. The Morgan fingerprint density at radius 2 is 1.38 bits per heavy atom. The number of fused-ring (bicyclic) bond motifs is 1. The van der Waals surface area contributed by atoms with Crippen LogP contribution in [-0.2, 0) is 0 Å². The van der Waals surface area contributed by atoms with Crippen molar-refractivity contribution < 1.29 is 28.9 Å². The van der Waals surface area contributed by atoms with E-state index in [0.29, 0.717) is 0 Å². The molecule has 16 heavy (non-hydrogen) atoms. The predicted octanol–water partition coefficient (Wildman–Crippen LogP) is -1.18. The monoisotopic (exact) mass is 250 g/mol. The number of hydrogen-bond donors (Lipinski definition) is 0. The largest absolute Gasteiger partial charge is 0.222 e. The van der Waals surface area contributed by atoms with Crippen LogP contribution in [0.15, 0.2) is 0 Å². The lowest BCUT2D eigenvalue weighted by atomic mass is 9.77. The summed E-state index contributed by atoms with van der Waals surface area (Å²) in [6.07, 6.45) is 14.6. The fraction of sp³-hybridized carbons (Fsp3) is 0.909.